The Labute approximate surface area is 216 Å². The third-order valence-electron chi connectivity index (χ3n) is 6.34. The van der Waals surface area contributed by atoms with Crippen molar-refractivity contribution < 1.29 is 14.2 Å². The summed E-state index contributed by atoms with van der Waals surface area (Å²) in [6, 6.07) is 13.6. The maximum atomic E-state index is 9.69. The molecule has 3 aromatic rings. The van der Waals surface area contributed by atoms with Crippen molar-refractivity contribution in [1.29, 1.82) is 5.26 Å². The van der Waals surface area contributed by atoms with Gasteiger partial charge in [-0.25, -0.2) is 9.97 Å². The lowest BCUT2D eigenvalue weighted by atomic mass is 10.1. The maximum Gasteiger partial charge on any atom is 0.227 e. The zero-order valence-electron chi connectivity index (χ0n) is 20.7. The molecular formula is C27H31N7O3. The van der Waals surface area contributed by atoms with E-state index in [2.05, 4.69) is 36.6 Å². The van der Waals surface area contributed by atoms with Crippen LogP contribution in [0.2, 0.25) is 0 Å². The molecule has 10 nitrogen and oxygen atoms in total. The van der Waals surface area contributed by atoms with Crippen LogP contribution in [0, 0.1) is 11.3 Å². The SMILES string of the molecule is N#Cc1cc(-c2ccnc(Nc3ccc(CNCN4CCOCC4)nc3)n2)ccc1OC1CCOCC1. The van der Waals surface area contributed by atoms with Crippen LogP contribution in [0.15, 0.2) is 48.8 Å². The minimum atomic E-state index is 0.0714. The minimum absolute atomic E-state index is 0.0714. The number of hydrogen-bond donors (Lipinski definition) is 2. The Morgan fingerprint density at radius 2 is 1.86 bits per heavy atom. The van der Waals surface area contributed by atoms with Crippen molar-refractivity contribution in [2.45, 2.75) is 25.5 Å². The number of hydrogen-bond acceptors (Lipinski definition) is 10. The molecule has 37 heavy (non-hydrogen) atoms. The first-order chi connectivity index (χ1) is 18.3. The molecule has 0 bridgehead atoms. The molecule has 0 unspecified atom stereocenters. The van der Waals surface area contributed by atoms with E-state index in [0.717, 1.165) is 62.8 Å². The average molecular weight is 502 g/mol. The van der Waals surface area contributed by atoms with Crippen LogP contribution in [0.1, 0.15) is 24.1 Å². The van der Waals surface area contributed by atoms with Crippen molar-refractivity contribution in [1.82, 2.24) is 25.2 Å². The highest BCUT2D eigenvalue weighted by Crippen LogP contribution is 2.28. The summed E-state index contributed by atoms with van der Waals surface area (Å²) in [4.78, 5) is 15.8. The largest absolute Gasteiger partial charge is 0.489 e. The third kappa shape index (κ3) is 6.99. The molecule has 10 heteroatoms. The second kappa shape index (κ2) is 12.6. The van der Waals surface area contributed by atoms with Crippen LogP contribution in [0.5, 0.6) is 5.75 Å². The number of aromatic nitrogens is 3. The van der Waals surface area contributed by atoms with E-state index in [1.165, 1.54) is 0 Å². The van der Waals surface area contributed by atoms with Crippen LogP contribution in [-0.4, -0.2) is 72.1 Å². The second-order valence-electron chi connectivity index (χ2n) is 9.00. The fourth-order valence-electron chi connectivity index (χ4n) is 4.27. The predicted octanol–water partition coefficient (Wildman–Crippen LogP) is 3.09. The number of morpholine rings is 1. The zero-order valence-corrected chi connectivity index (χ0v) is 20.7. The van der Waals surface area contributed by atoms with Crippen LogP contribution in [-0.2, 0) is 16.0 Å². The molecule has 0 saturated carbocycles. The van der Waals surface area contributed by atoms with Gasteiger partial charge in [0.1, 0.15) is 17.9 Å². The number of nitrogens with zero attached hydrogens (tertiary/aromatic N) is 5. The highest BCUT2D eigenvalue weighted by molar-refractivity contribution is 5.65. The van der Waals surface area contributed by atoms with Gasteiger partial charge >= 0.3 is 0 Å². The molecule has 1 aromatic carbocycles. The van der Waals surface area contributed by atoms with Crippen molar-refractivity contribution >= 4 is 11.6 Å². The summed E-state index contributed by atoms with van der Waals surface area (Å²) in [6.07, 6.45) is 5.20. The molecule has 0 atom stereocenters. The number of benzene rings is 1. The van der Waals surface area contributed by atoms with Gasteiger partial charge in [-0.3, -0.25) is 15.2 Å². The Bertz CT molecular complexity index is 1200. The summed E-state index contributed by atoms with van der Waals surface area (Å²) >= 11 is 0. The summed E-state index contributed by atoms with van der Waals surface area (Å²) in [5, 5.41) is 16.3. The van der Waals surface area contributed by atoms with Crippen LogP contribution in [0.3, 0.4) is 0 Å². The Kier molecular flexibility index (Phi) is 8.50. The van der Waals surface area contributed by atoms with Gasteiger partial charge in [0.05, 0.1) is 55.3 Å². The lowest BCUT2D eigenvalue weighted by Crippen LogP contribution is -2.41. The van der Waals surface area contributed by atoms with Gasteiger partial charge < -0.3 is 19.5 Å². The molecule has 2 aliphatic heterocycles. The van der Waals surface area contributed by atoms with E-state index >= 15 is 0 Å². The maximum absolute atomic E-state index is 9.69. The van der Waals surface area contributed by atoms with Gasteiger partial charge in [-0.05, 0) is 36.4 Å². The smallest absolute Gasteiger partial charge is 0.227 e. The molecule has 2 aliphatic rings. The second-order valence-corrected chi connectivity index (χ2v) is 9.00. The van der Waals surface area contributed by atoms with Gasteiger partial charge in [0.2, 0.25) is 5.95 Å². The molecule has 0 spiro atoms. The quantitative estimate of drug-likeness (QED) is 0.453. The fraction of sp³-hybridized carbons (Fsp3) is 0.407. The standard InChI is InChI=1S/C27H31N7O3/c28-16-21-15-20(1-4-26(21)37-24-6-11-35-12-7-24)25-5-8-30-27(33-25)32-23-3-2-22(31-18-23)17-29-19-34-9-13-36-14-10-34/h1-5,8,15,18,24,29H,6-7,9-14,17,19H2,(H,30,32,33). The first-order valence-electron chi connectivity index (χ1n) is 12.6. The fourth-order valence-corrected chi connectivity index (χ4v) is 4.27. The molecule has 2 fully saturated rings. The highest BCUT2D eigenvalue weighted by atomic mass is 16.5. The van der Waals surface area contributed by atoms with Crippen molar-refractivity contribution in [2.75, 3.05) is 51.5 Å². The van der Waals surface area contributed by atoms with Crippen molar-refractivity contribution in [3.63, 3.8) is 0 Å². The van der Waals surface area contributed by atoms with E-state index in [1.807, 2.05) is 30.3 Å². The van der Waals surface area contributed by atoms with Gasteiger partial charge in [0, 0.05) is 50.9 Å². The molecule has 0 amide bonds. The van der Waals surface area contributed by atoms with E-state index in [4.69, 9.17) is 14.2 Å². The first-order valence-corrected chi connectivity index (χ1v) is 12.6. The van der Waals surface area contributed by atoms with Crippen molar-refractivity contribution in [2.24, 2.45) is 0 Å². The highest BCUT2D eigenvalue weighted by Gasteiger charge is 2.17. The number of anilines is 2. The zero-order chi connectivity index (χ0) is 25.3. The van der Waals surface area contributed by atoms with Crippen LogP contribution >= 0.6 is 0 Å². The molecule has 2 N–H and O–H groups in total. The Balaban J connectivity index is 1.19. The molecular weight excluding hydrogens is 470 g/mol. The van der Waals surface area contributed by atoms with Crippen LogP contribution < -0.4 is 15.4 Å². The molecule has 0 radical (unpaired) electrons. The summed E-state index contributed by atoms with van der Waals surface area (Å²) in [6.45, 7) is 6.37. The lowest BCUT2D eigenvalue weighted by Gasteiger charge is -2.26. The topological polar surface area (TPSA) is 117 Å². The Morgan fingerprint density at radius 1 is 1.03 bits per heavy atom. The third-order valence-corrected chi connectivity index (χ3v) is 6.34. The van der Waals surface area contributed by atoms with E-state index in [-0.39, 0.29) is 6.10 Å². The van der Waals surface area contributed by atoms with E-state index in [9.17, 15) is 5.26 Å². The average Bonchev–Trinajstić information content (AvgIpc) is 2.95. The van der Waals surface area contributed by atoms with E-state index < -0.39 is 0 Å². The number of pyridine rings is 1. The van der Waals surface area contributed by atoms with Crippen molar-refractivity contribution in [3.8, 4) is 23.1 Å². The molecule has 5 rings (SSSR count). The van der Waals surface area contributed by atoms with Crippen molar-refractivity contribution in [3.05, 3.63) is 60.0 Å². The summed E-state index contributed by atoms with van der Waals surface area (Å²) in [7, 11) is 0. The summed E-state index contributed by atoms with van der Waals surface area (Å²) in [5.41, 5.74) is 3.77. The minimum Gasteiger partial charge on any atom is -0.489 e. The van der Waals surface area contributed by atoms with Gasteiger partial charge in [-0.1, -0.05) is 0 Å². The Morgan fingerprint density at radius 3 is 2.65 bits per heavy atom. The van der Waals surface area contributed by atoms with Gasteiger partial charge in [-0.2, -0.15) is 5.26 Å². The Hall–Kier alpha value is -3.62. The van der Waals surface area contributed by atoms with E-state index in [1.54, 1.807) is 18.5 Å². The lowest BCUT2D eigenvalue weighted by molar-refractivity contribution is 0.0254. The van der Waals surface area contributed by atoms with Crippen LogP contribution in [0.4, 0.5) is 11.6 Å². The number of rotatable bonds is 9. The molecule has 192 valence electrons. The predicted molar refractivity (Wildman–Crippen MR) is 138 cm³/mol. The molecule has 0 aliphatic carbocycles. The normalized spacial score (nSPS) is 16.7. The summed E-state index contributed by atoms with van der Waals surface area (Å²) < 4.78 is 16.8. The monoisotopic (exact) mass is 501 g/mol. The van der Waals surface area contributed by atoms with Crippen LogP contribution in [0.25, 0.3) is 11.3 Å². The van der Waals surface area contributed by atoms with E-state index in [0.29, 0.717) is 42.7 Å². The van der Waals surface area contributed by atoms with Gasteiger partial charge in [0.15, 0.2) is 0 Å². The van der Waals surface area contributed by atoms with Gasteiger partial charge in [0.25, 0.3) is 0 Å². The first kappa shape index (κ1) is 25.0. The summed E-state index contributed by atoms with van der Waals surface area (Å²) in [5.74, 6) is 1.05. The molecule has 2 aromatic heterocycles. The number of nitrogens with one attached hydrogen (secondary N) is 2. The molecule has 4 heterocycles. The number of ether oxygens (including phenoxy) is 3. The van der Waals surface area contributed by atoms with Gasteiger partial charge in [-0.15, -0.1) is 0 Å². The number of nitriles is 1. The molecule has 2 saturated heterocycles.